The summed E-state index contributed by atoms with van der Waals surface area (Å²) >= 11 is 6.24. The van der Waals surface area contributed by atoms with Crippen LogP contribution in [0, 0.1) is 0 Å². The number of ether oxygens (including phenoxy) is 1. The molecule has 0 bridgehead atoms. The van der Waals surface area contributed by atoms with Crippen LogP contribution in [0.4, 0.5) is 18.9 Å². The van der Waals surface area contributed by atoms with Crippen molar-refractivity contribution < 1.29 is 32.6 Å². The molecule has 0 aliphatic heterocycles. The Morgan fingerprint density at radius 2 is 1.65 bits per heavy atom. The van der Waals surface area contributed by atoms with Gasteiger partial charge in [-0.3, -0.25) is 14.6 Å². The highest BCUT2D eigenvalue weighted by atomic mass is 35.5. The quantitative estimate of drug-likeness (QED) is 0.195. The third kappa shape index (κ3) is 7.73. The summed E-state index contributed by atoms with van der Waals surface area (Å²) in [7, 11) is 0. The summed E-state index contributed by atoms with van der Waals surface area (Å²) in [6.07, 6.45) is -3.44. The van der Waals surface area contributed by atoms with Gasteiger partial charge in [-0.2, -0.15) is 0 Å². The lowest BCUT2D eigenvalue weighted by molar-refractivity contribution is -0.274. The lowest BCUT2D eigenvalue weighted by Gasteiger charge is -2.15. The molecule has 0 fully saturated rings. The van der Waals surface area contributed by atoms with E-state index in [-0.39, 0.29) is 24.4 Å². The number of carboxylic acid groups (broad SMARTS) is 1. The molecule has 0 unspecified atom stereocenters. The van der Waals surface area contributed by atoms with Crippen molar-refractivity contribution in [2.24, 2.45) is 0 Å². The molecule has 11 heteroatoms. The number of anilines is 1. The number of rotatable bonds is 10. The highest BCUT2D eigenvalue weighted by Crippen LogP contribution is 2.34. The van der Waals surface area contributed by atoms with Crippen LogP contribution in [0.15, 0.2) is 85.1 Å². The van der Waals surface area contributed by atoms with Gasteiger partial charge >= 0.3 is 12.3 Å². The van der Waals surface area contributed by atoms with Gasteiger partial charge in [0.15, 0.2) is 0 Å². The van der Waals surface area contributed by atoms with Crippen LogP contribution in [0.3, 0.4) is 0 Å². The van der Waals surface area contributed by atoms with E-state index < -0.39 is 18.2 Å². The summed E-state index contributed by atoms with van der Waals surface area (Å²) in [5.74, 6) is -1.77. The number of amides is 1. The molecule has 0 saturated carbocycles. The number of carboxylic acids is 1. The average Bonchev–Trinajstić information content (AvgIpc) is 2.92. The second-order valence-corrected chi connectivity index (χ2v) is 9.04. The first-order valence-corrected chi connectivity index (χ1v) is 12.4. The number of nitrogens with zero attached hydrogens (tertiary/aromatic N) is 1. The lowest BCUT2D eigenvalue weighted by atomic mass is 10.0. The molecule has 4 aromatic rings. The van der Waals surface area contributed by atoms with Gasteiger partial charge in [-0.05, 0) is 53.1 Å². The third-order valence-corrected chi connectivity index (χ3v) is 6.03. The van der Waals surface area contributed by atoms with Crippen LogP contribution in [-0.4, -0.2) is 34.9 Å². The van der Waals surface area contributed by atoms with Gasteiger partial charge in [0.05, 0.1) is 6.42 Å². The fraction of sp³-hybridized carbons (Fsp3) is 0.138. The largest absolute Gasteiger partial charge is 0.573 e. The van der Waals surface area contributed by atoms with Crippen molar-refractivity contribution in [1.82, 2.24) is 10.3 Å². The first kappa shape index (κ1) is 28.4. The number of hydrogen-bond donors (Lipinski definition) is 3. The summed E-state index contributed by atoms with van der Waals surface area (Å²) in [6.45, 7) is 0.396. The Kier molecular flexibility index (Phi) is 8.90. The summed E-state index contributed by atoms with van der Waals surface area (Å²) in [5.41, 5.74) is 4.17. The number of halogens is 4. The SMILES string of the molecule is O=C(O)CCNC(=O)c1ccc(-c2cc(Cl)ccc2CNc2ccc(-c3ccccc3OC(F)(F)F)cc2)cn1. The number of carbonyl (C=O) groups is 2. The van der Waals surface area contributed by atoms with Gasteiger partial charge < -0.3 is 20.5 Å². The number of nitrogens with one attached hydrogen (secondary N) is 2. The molecule has 40 heavy (non-hydrogen) atoms. The van der Waals surface area contributed by atoms with Crippen molar-refractivity contribution in [2.75, 3.05) is 11.9 Å². The molecule has 1 amide bonds. The van der Waals surface area contributed by atoms with Gasteiger partial charge in [0.2, 0.25) is 0 Å². The van der Waals surface area contributed by atoms with Gasteiger partial charge in [-0.25, -0.2) is 0 Å². The molecule has 0 saturated heterocycles. The van der Waals surface area contributed by atoms with Crippen molar-refractivity contribution >= 4 is 29.2 Å². The number of carbonyl (C=O) groups excluding carboxylic acids is 1. The van der Waals surface area contributed by atoms with Crippen molar-refractivity contribution in [2.45, 2.75) is 19.3 Å². The van der Waals surface area contributed by atoms with E-state index in [1.54, 1.807) is 60.7 Å². The Morgan fingerprint density at radius 3 is 2.33 bits per heavy atom. The minimum atomic E-state index is -4.79. The van der Waals surface area contributed by atoms with Crippen LogP contribution in [0.1, 0.15) is 22.5 Å². The maximum absolute atomic E-state index is 12.8. The number of pyridine rings is 1. The van der Waals surface area contributed by atoms with Gasteiger partial charge in [0.25, 0.3) is 5.91 Å². The van der Waals surface area contributed by atoms with E-state index in [1.807, 2.05) is 6.07 Å². The Morgan fingerprint density at radius 1 is 0.925 bits per heavy atom. The maximum Gasteiger partial charge on any atom is 0.573 e. The number of para-hydroxylation sites is 1. The van der Waals surface area contributed by atoms with Crippen LogP contribution < -0.4 is 15.4 Å². The molecular formula is C29H23ClF3N3O4. The van der Waals surface area contributed by atoms with Gasteiger partial charge in [0, 0.05) is 41.1 Å². The van der Waals surface area contributed by atoms with Crippen LogP contribution in [-0.2, 0) is 11.3 Å². The number of hydrogen-bond acceptors (Lipinski definition) is 5. The van der Waals surface area contributed by atoms with E-state index in [0.29, 0.717) is 22.7 Å². The van der Waals surface area contributed by atoms with Crippen LogP contribution >= 0.6 is 11.6 Å². The maximum atomic E-state index is 12.8. The Labute approximate surface area is 232 Å². The van der Waals surface area contributed by atoms with E-state index in [2.05, 4.69) is 20.4 Å². The molecule has 4 rings (SSSR count). The normalized spacial score (nSPS) is 11.1. The number of aromatic nitrogens is 1. The topological polar surface area (TPSA) is 101 Å². The van der Waals surface area contributed by atoms with Crippen molar-refractivity contribution in [1.29, 1.82) is 0 Å². The minimum Gasteiger partial charge on any atom is -0.481 e. The zero-order chi connectivity index (χ0) is 28.7. The second-order valence-electron chi connectivity index (χ2n) is 8.61. The summed E-state index contributed by atoms with van der Waals surface area (Å²) in [4.78, 5) is 27.0. The molecule has 1 aromatic heterocycles. The fourth-order valence-corrected chi connectivity index (χ4v) is 4.09. The molecule has 7 nitrogen and oxygen atoms in total. The highest BCUT2D eigenvalue weighted by molar-refractivity contribution is 6.30. The summed E-state index contributed by atoms with van der Waals surface area (Å²) in [6, 6.07) is 21.5. The highest BCUT2D eigenvalue weighted by Gasteiger charge is 2.32. The zero-order valence-corrected chi connectivity index (χ0v) is 21.6. The van der Waals surface area contributed by atoms with Crippen LogP contribution in [0.2, 0.25) is 5.02 Å². The van der Waals surface area contributed by atoms with E-state index in [4.69, 9.17) is 16.7 Å². The standard InChI is InChI=1S/C29H23ClF3N3O4/c30-21-9-5-19(24(15-21)20-8-12-25(36-17-20)28(39)34-14-13-27(37)38)16-35-22-10-6-18(7-11-22)23-3-1-2-4-26(23)40-29(31,32)33/h1-12,15,17,35H,13-14,16H2,(H,34,39)(H,37,38). The van der Waals surface area contributed by atoms with Crippen molar-refractivity contribution in [3.8, 4) is 28.0 Å². The second kappa shape index (κ2) is 12.5. The lowest BCUT2D eigenvalue weighted by Crippen LogP contribution is -2.26. The number of alkyl halides is 3. The average molecular weight is 570 g/mol. The molecule has 0 spiro atoms. The van der Waals surface area contributed by atoms with E-state index in [0.717, 1.165) is 22.4 Å². The van der Waals surface area contributed by atoms with Crippen molar-refractivity contribution in [3.05, 3.63) is 101 Å². The minimum absolute atomic E-state index is 0.00344. The van der Waals surface area contributed by atoms with E-state index in [9.17, 15) is 22.8 Å². The predicted molar refractivity (Wildman–Crippen MR) is 145 cm³/mol. The van der Waals surface area contributed by atoms with Crippen molar-refractivity contribution in [3.63, 3.8) is 0 Å². The van der Waals surface area contributed by atoms with E-state index >= 15 is 0 Å². The number of benzene rings is 3. The molecule has 0 radical (unpaired) electrons. The van der Waals surface area contributed by atoms with Gasteiger partial charge in [0.1, 0.15) is 11.4 Å². The molecule has 0 atom stereocenters. The first-order valence-electron chi connectivity index (χ1n) is 12.0. The Balaban J connectivity index is 1.46. The molecule has 3 aromatic carbocycles. The van der Waals surface area contributed by atoms with Gasteiger partial charge in [-0.1, -0.05) is 54.1 Å². The Hall–Kier alpha value is -4.57. The fourth-order valence-electron chi connectivity index (χ4n) is 3.92. The molecule has 1 heterocycles. The van der Waals surface area contributed by atoms with Crippen LogP contribution in [0.5, 0.6) is 5.75 Å². The first-order chi connectivity index (χ1) is 19.1. The van der Waals surface area contributed by atoms with Gasteiger partial charge in [-0.15, -0.1) is 13.2 Å². The molecular weight excluding hydrogens is 547 g/mol. The summed E-state index contributed by atoms with van der Waals surface area (Å²) < 4.78 is 42.5. The molecule has 206 valence electrons. The predicted octanol–water partition coefficient (Wildman–Crippen LogP) is 6.78. The smallest absolute Gasteiger partial charge is 0.481 e. The zero-order valence-electron chi connectivity index (χ0n) is 20.8. The summed E-state index contributed by atoms with van der Waals surface area (Å²) in [5, 5.41) is 15.0. The van der Waals surface area contributed by atoms with Crippen LogP contribution in [0.25, 0.3) is 22.3 Å². The third-order valence-electron chi connectivity index (χ3n) is 5.80. The Bertz CT molecular complexity index is 1490. The molecule has 3 N–H and O–H groups in total. The number of aliphatic carboxylic acids is 1. The monoisotopic (exact) mass is 569 g/mol. The molecule has 0 aliphatic rings. The van der Waals surface area contributed by atoms with E-state index in [1.165, 1.54) is 18.3 Å². The molecule has 0 aliphatic carbocycles.